The van der Waals surface area contributed by atoms with Crippen LogP contribution in [0.5, 0.6) is 5.75 Å². The molecule has 0 saturated carbocycles. The van der Waals surface area contributed by atoms with Crippen molar-refractivity contribution < 1.29 is 9.90 Å². The van der Waals surface area contributed by atoms with Gasteiger partial charge in [-0.2, -0.15) is 5.10 Å². The van der Waals surface area contributed by atoms with Crippen LogP contribution in [0, 0.1) is 7.14 Å². The monoisotopic (exact) mass is 582 g/mol. The van der Waals surface area contributed by atoms with Crippen LogP contribution in [0.2, 0.25) is 0 Å². The number of hydrogen-bond donors (Lipinski definition) is 2. The summed E-state index contributed by atoms with van der Waals surface area (Å²) in [6.07, 6.45) is 1.46. The predicted molar refractivity (Wildman–Crippen MR) is 124 cm³/mol. The number of carbonyl (C=O) groups excluding carboxylic acids is 1. The van der Waals surface area contributed by atoms with Crippen LogP contribution in [0.3, 0.4) is 0 Å². The lowest BCUT2D eigenvalue weighted by molar-refractivity contribution is -0.121. The fourth-order valence-corrected chi connectivity index (χ4v) is 4.59. The van der Waals surface area contributed by atoms with Gasteiger partial charge in [0.2, 0.25) is 0 Å². The van der Waals surface area contributed by atoms with Gasteiger partial charge in [-0.05, 0) is 68.4 Å². The SMILES string of the molecule is O=C(NN=Cc1cc(I)cc(I)c1O)C(c1ccccc1)c1ccccc1. The second-order valence-corrected chi connectivity index (χ2v) is 8.22. The Balaban J connectivity index is 1.84. The van der Waals surface area contributed by atoms with Crippen LogP contribution in [-0.4, -0.2) is 17.2 Å². The Labute approximate surface area is 185 Å². The third kappa shape index (κ3) is 5.07. The topological polar surface area (TPSA) is 61.7 Å². The lowest BCUT2D eigenvalue weighted by Gasteiger charge is -2.16. The molecule has 0 radical (unpaired) electrons. The van der Waals surface area contributed by atoms with Crippen molar-refractivity contribution in [3.05, 3.63) is 96.6 Å². The van der Waals surface area contributed by atoms with Crippen LogP contribution in [0.25, 0.3) is 0 Å². The molecule has 1 amide bonds. The van der Waals surface area contributed by atoms with Gasteiger partial charge in [0.1, 0.15) is 5.75 Å². The Morgan fingerprint density at radius 3 is 2.07 bits per heavy atom. The smallest absolute Gasteiger partial charge is 0.252 e. The molecule has 0 unspecified atom stereocenters. The third-order valence-electron chi connectivity index (χ3n) is 3.96. The fourth-order valence-electron chi connectivity index (χ4n) is 2.70. The van der Waals surface area contributed by atoms with Gasteiger partial charge in [0, 0.05) is 9.13 Å². The normalized spacial score (nSPS) is 11.1. The number of rotatable bonds is 5. The summed E-state index contributed by atoms with van der Waals surface area (Å²) >= 11 is 4.24. The van der Waals surface area contributed by atoms with E-state index < -0.39 is 5.92 Å². The van der Waals surface area contributed by atoms with Gasteiger partial charge < -0.3 is 5.11 Å². The number of hydrazone groups is 1. The zero-order valence-electron chi connectivity index (χ0n) is 14.1. The van der Waals surface area contributed by atoms with Gasteiger partial charge in [-0.3, -0.25) is 4.79 Å². The van der Waals surface area contributed by atoms with Crippen molar-refractivity contribution in [2.45, 2.75) is 5.92 Å². The first kappa shape index (κ1) is 19.8. The van der Waals surface area contributed by atoms with Gasteiger partial charge in [0.25, 0.3) is 5.91 Å². The molecule has 4 nitrogen and oxygen atoms in total. The quantitative estimate of drug-likeness (QED) is 0.256. The van der Waals surface area contributed by atoms with E-state index in [2.05, 4.69) is 55.7 Å². The molecule has 3 aromatic carbocycles. The van der Waals surface area contributed by atoms with Crippen molar-refractivity contribution in [1.82, 2.24) is 5.43 Å². The molecule has 0 heterocycles. The maximum absolute atomic E-state index is 12.9. The Bertz CT molecular complexity index is 921. The average molecular weight is 582 g/mol. The number of halogens is 2. The Kier molecular flexibility index (Phi) is 6.84. The Hall–Kier alpha value is -1.94. The molecule has 6 heteroatoms. The number of amides is 1. The minimum atomic E-state index is -0.464. The molecular formula is C21H16I2N2O2. The number of nitrogens with zero attached hydrogens (tertiary/aromatic N) is 1. The zero-order chi connectivity index (χ0) is 19.2. The van der Waals surface area contributed by atoms with Crippen LogP contribution in [0.1, 0.15) is 22.6 Å². The highest BCUT2D eigenvalue weighted by Crippen LogP contribution is 2.26. The molecule has 0 saturated heterocycles. The predicted octanol–water partition coefficient (Wildman–Crippen LogP) is 4.88. The number of phenolic OH excluding ortho intramolecular Hbond substituents is 1. The van der Waals surface area contributed by atoms with Crippen LogP contribution in [0.4, 0.5) is 0 Å². The molecule has 0 aliphatic carbocycles. The van der Waals surface area contributed by atoms with Crippen molar-refractivity contribution in [3.63, 3.8) is 0 Å². The van der Waals surface area contributed by atoms with Gasteiger partial charge >= 0.3 is 0 Å². The van der Waals surface area contributed by atoms with Gasteiger partial charge in [-0.15, -0.1) is 0 Å². The number of carbonyl (C=O) groups is 1. The molecule has 0 bridgehead atoms. The van der Waals surface area contributed by atoms with Gasteiger partial charge in [-0.25, -0.2) is 5.43 Å². The number of benzene rings is 3. The van der Waals surface area contributed by atoms with Gasteiger partial charge in [0.15, 0.2) is 0 Å². The summed E-state index contributed by atoms with van der Waals surface area (Å²) in [7, 11) is 0. The lowest BCUT2D eigenvalue weighted by atomic mass is 9.91. The Morgan fingerprint density at radius 2 is 1.52 bits per heavy atom. The van der Waals surface area contributed by atoms with Gasteiger partial charge in [-0.1, -0.05) is 60.7 Å². The van der Waals surface area contributed by atoms with Crippen molar-refractivity contribution in [2.75, 3.05) is 0 Å². The fraction of sp³-hybridized carbons (Fsp3) is 0.0476. The highest BCUT2D eigenvalue weighted by molar-refractivity contribution is 14.1. The summed E-state index contributed by atoms with van der Waals surface area (Å²) in [6, 6.07) is 22.9. The number of aromatic hydroxyl groups is 1. The second-order valence-electron chi connectivity index (χ2n) is 5.81. The van der Waals surface area contributed by atoms with E-state index in [1.54, 1.807) is 6.07 Å². The summed E-state index contributed by atoms with van der Waals surface area (Å²) in [4.78, 5) is 12.9. The number of nitrogens with one attached hydrogen (secondary N) is 1. The van der Waals surface area contributed by atoms with Gasteiger partial charge in [0.05, 0.1) is 15.7 Å². The molecule has 0 fully saturated rings. The molecule has 0 aliphatic heterocycles. The van der Waals surface area contributed by atoms with E-state index in [0.29, 0.717) is 5.56 Å². The van der Waals surface area contributed by atoms with Crippen molar-refractivity contribution in [2.24, 2.45) is 5.10 Å². The molecule has 0 spiro atoms. The van der Waals surface area contributed by atoms with E-state index in [9.17, 15) is 9.90 Å². The van der Waals surface area contributed by atoms with Crippen molar-refractivity contribution in [1.29, 1.82) is 0 Å². The van der Waals surface area contributed by atoms with E-state index in [-0.39, 0.29) is 11.7 Å². The molecule has 3 aromatic rings. The molecule has 136 valence electrons. The second kappa shape index (κ2) is 9.32. The minimum absolute atomic E-state index is 0.150. The number of hydrogen-bond acceptors (Lipinski definition) is 3. The van der Waals surface area contributed by atoms with E-state index in [1.807, 2.05) is 66.7 Å². The van der Waals surface area contributed by atoms with E-state index in [0.717, 1.165) is 18.3 Å². The average Bonchev–Trinajstić information content (AvgIpc) is 2.67. The molecule has 3 rings (SSSR count). The maximum atomic E-state index is 12.9. The first-order valence-corrected chi connectivity index (χ1v) is 10.3. The maximum Gasteiger partial charge on any atom is 0.252 e. The highest BCUT2D eigenvalue weighted by atomic mass is 127. The standard InChI is InChI=1S/C21H16I2N2O2/c22-17-11-16(20(26)18(23)12-17)13-24-25-21(27)19(14-7-3-1-4-8-14)15-9-5-2-6-10-15/h1-13,19,26H,(H,25,27). The van der Waals surface area contributed by atoms with E-state index >= 15 is 0 Å². The van der Waals surface area contributed by atoms with Crippen LogP contribution >= 0.6 is 45.2 Å². The molecule has 27 heavy (non-hydrogen) atoms. The van der Waals surface area contributed by atoms with E-state index in [4.69, 9.17) is 0 Å². The summed E-state index contributed by atoms with van der Waals surface area (Å²) in [5.74, 6) is -0.547. The molecule has 0 atom stereocenters. The summed E-state index contributed by atoms with van der Waals surface area (Å²) < 4.78 is 1.72. The molecular weight excluding hydrogens is 566 g/mol. The number of phenols is 1. The van der Waals surface area contributed by atoms with Crippen LogP contribution < -0.4 is 5.43 Å². The molecule has 2 N–H and O–H groups in total. The molecule has 0 aliphatic rings. The Morgan fingerprint density at radius 1 is 0.963 bits per heavy atom. The molecule has 0 aromatic heterocycles. The summed E-state index contributed by atoms with van der Waals surface area (Å²) in [5.41, 5.74) is 4.95. The highest BCUT2D eigenvalue weighted by Gasteiger charge is 2.22. The minimum Gasteiger partial charge on any atom is -0.506 e. The van der Waals surface area contributed by atoms with Crippen LogP contribution in [0.15, 0.2) is 77.9 Å². The third-order valence-corrected chi connectivity index (χ3v) is 5.41. The van der Waals surface area contributed by atoms with Crippen molar-refractivity contribution in [3.8, 4) is 5.75 Å². The largest absolute Gasteiger partial charge is 0.506 e. The summed E-state index contributed by atoms with van der Waals surface area (Å²) in [5, 5.41) is 14.2. The zero-order valence-corrected chi connectivity index (χ0v) is 18.5. The van der Waals surface area contributed by atoms with Crippen LogP contribution in [-0.2, 0) is 4.79 Å². The summed E-state index contributed by atoms with van der Waals surface area (Å²) in [6.45, 7) is 0. The van der Waals surface area contributed by atoms with Crippen molar-refractivity contribution >= 4 is 57.3 Å². The van der Waals surface area contributed by atoms with E-state index in [1.165, 1.54) is 6.21 Å². The first-order valence-electron chi connectivity index (χ1n) is 8.17. The first-order chi connectivity index (χ1) is 13.1. The lowest BCUT2D eigenvalue weighted by Crippen LogP contribution is -2.26.